The largest absolute Gasteiger partial charge is 0.493 e. The zero-order valence-corrected chi connectivity index (χ0v) is 17.5. The quantitative estimate of drug-likeness (QED) is 0.539. The third-order valence-corrected chi connectivity index (χ3v) is 6.76. The molecule has 152 valence electrons. The molecule has 7 nitrogen and oxygen atoms in total. The molecule has 0 unspecified atom stereocenters. The van der Waals surface area contributed by atoms with Crippen LogP contribution >= 0.6 is 23.4 Å². The van der Waals surface area contributed by atoms with Crippen molar-refractivity contribution in [2.75, 3.05) is 12.4 Å². The Bertz CT molecular complexity index is 790. The van der Waals surface area contributed by atoms with Gasteiger partial charge in [0.15, 0.2) is 0 Å². The fraction of sp³-hybridized carbons (Fsp3) is 0.526. The van der Waals surface area contributed by atoms with Crippen LogP contribution in [0.15, 0.2) is 18.2 Å². The van der Waals surface area contributed by atoms with Crippen LogP contribution < -0.4 is 15.6 Å². The van der Waals surface area contributed by atoms with Gasteiger partial charge in [-0.15, -0.1) is 11.8 Å². The van der Waals surface area contributed by atoms with E-state index in [9.17, 15) is 14.4 Å². The SMILES string of the molecule is Cc1cc(Cl)ccc1OCCCC(=O)NNC(=O)[C@H]1CS[C@@]2(C)CCC(=O)N12. The molecule has 0 radical (unpaired) electrons. The molecular weight excluding hydrogens is 402 g/mol. The minimum absolute atomic E-state index is 0.00591. The minimum atomic E-state index is -0.540. The van der Waals surface area contributed by atoms with Crippen LogP contribution in [-0.4, -0.2) is 45.9 Å². The van der Waals surface area contributed by atoms with E-state index in [1.54, 1.807) is 28.8 Å². The lowest BCUT2D eigenvalue weighted by Gasteiger charge is -2.29. The Morgan fingerprint density at radius 2 is 2.18 bits per heavy atom. The number of nitrogens with zero attached hydrogens (tertiary/aromatic N) is 1. The molecule has 2 heterocycles. The van der Waals surface area contributed by atoms with Crippen LogP contribution in [0.25, 0.3) is 0 Å². The summed E-state index contributed by atoms with van der Waals surface area (Å²) in [5.74, 6) is 0.612. The Labute approximate surface area is 173 Å². The Morgan fingerprint density at radius 3 is 2.93 bits per heavy atom. The molecule has 2 aliphatic heterocycles. The Hall–Kier alpha value is -1.93. The Morgan fingerprint density at radius 1 is 1.39 bits per heavy atom. The predicted octanol–water partition coefficient (Wildman–Crippen LogP) is 2.41. The van der Waals surface area contributed by atoms with Gasteiger partial charge in [-0.3, -0.25) is 25.2 Å². The van der Waals surface area contributed by atoms with E-state index in [1.807, 2.05) is 19.9 Å². The number of benzene rings is 1. The summed E-state index contributed by atoms with van der Waals surface area (Å²) in [6.45, 7) is 4.27. The number of nitrogens with one attached hydrogen (secondary N) is 2. The van der Waals surface area contributed by atoms with Gasteiger partial charge in [-0.2, -0.15) is 0 Å². The zero-order chi connectivity index (χ0) is 20.3. The molecule has 9 heteroatoms. The molecule has 0 aliphatic carbocycles. The molecule has 0 aromatic heterocycles. The number of hydrazine groups is 1. The summed E-state index contributed by atoms with van der Waals surface area (Å²) in [4.78, 5) is 37.8. The van der Waals surface area contributed by atoms with Crippen molar-refractivity contribution in [3.63, 3.8) is 0 Å². The molecule has 2 fully saturated rings. The number of fused-ring (bicyclic) bond motifs is 1. The number of halogens is 1. The van der Waals surface area contributed by atoms with Gasteiger partial charge in [-0.05, 0) is 50.5 Å². The molecule has 0 bridgehead atoms. The van der Waals surface area contributed by atoms with E-state index in [0.717, 1.165) is 17.7 Å². The smallest absolute Gasteiger partial charge is 0.262 e. The van der Waals surface area contributed by atoms with Crippen LogP contribution in [-0.2, 0) is 14.4 Å². The molecule has 2 saturated heterocycles. The summed E-state index contributed by atoms with van der Waals surface area (Å²) in [6, 6.07) is 4.83. The predicted molar refractivity (Wildman–Crippen MR) is 108 cm³/mol. The highest BCUT2D eigenvalue weighted by molar-refractivity contribution is 8.01. The lowest BCUT2D eigenvalue weighted by Crippen LogP contribution is -2.54. The summed E-state index contributed by atoms with van der Waals surface area (Å²) in [5, 5.41) is 0.650. The number of aryl methyl sites for hydroxylation is 1. The van der Waals surface area contributed by atoms with Crippen molar-refractivity contribution in [2.24, 2.45) is 0 Å². The van der Waals surface area contributed by atoms with E-state index in [-0.39, 0.29) is 29.0 Å². The lowest BCUT2D eigenvalue weighted by atomic mass is 10.2. The monoisotopic (exact) mass is 425 g/mol. The molecule has 28 heavy (non-hydrogen) atoms. The highest BCUT2D eigenvalue weighted by Crippen LogP contribution is 2.47. The minimum Gasteiger partial charge on any atom is -0.493 e. The third kappa shape index (κ3) is 4.55. The van der Waals surface area contributed by atoms with Gasteiger partial charge in [-0.1, -0.05) is 11.6 Å². The number of ether oxygens (including phenoxy) is 1. The van der Waals surface area contributed by atoms with Crippen molar-refractivity contribution in [3.8, 4) is 5.75 Å². The van der Waals surface area contributed by atoms with Crippen molar-refractivity contribution >= 4 is 41.1 Å². The van der Waals surface area contributed by atoms with Crippen molar-refractivity contribution in [2.45, 2.75) is 50.4 Å². The summed E-state index contributed by atoms with van der Waals surface area (Å²) in [6.07, 6.45) is 1.94. The molecule has 2 aliphatic rings. The van der Waals surface area contributed by atoms with Gasteiger partial charge >= 0.3 is 0 Å². The highest BCUT2D eigenvalue weighted by atomic mass is 35.5. The van der Waals surface area contributed by atoms with Crippen LogP contribution in [0.1, 0.15) is 38.2 Å². The number of carbonyl (C=O) groups excluding carboxylic acids is 3. The van der Waals surface area contributed by atoms with Gasteiger partial charge in [0, 0.05) is 23.6 Å². The normalized spacial score (nSPS) is 23.5. The maximum atomic E-state index is 12.4. The summed E-state index contributed by atoms with van der Waals surface area (Å²) in [5.41, 5.74) is 5.81. The molecule has 0 spiro atoms. The van der Waals surface area contributed by atoms with Crippen LogP contribution in [0.4, 0.5) is 0 Å². The third-order valence-electron chi connectivity index (χ3n) is 5.02. The first-order chi connectivity index (χ1) is 13.3. The first kappa shape index (κ1) is 20.8. The van der Waals surface area contributed by atoms with Crippen molar-refractivity contribution in [3.05, 3.63) is 28.8 Å². The number of amides is 3. The van der Waals surface area contributed by atoms with Crippen molar-refractivity contribution in [1.82, 2.24) is 15.8 Å². The maximum Gasteiger partial charge on any atom is 0.262 e. The van der Waals surface area contributed by atoms with Crippen LogP contribution in [0.5, 0.6) is 5.75 Å². The van der Waals surface area contributed by atoms with Crippen LogP contribution in [0, 0.1) is 6.92 Å². The lowest BCUT2D eigenvalue weighted by molar-refractivity contribution is -0.139. The van der Waals surface area contributed by atoms with E-state index in [1.165, 1.54) is 0 Å². The van der Waals surface area contributed by atoms with Gasteiger partial charge < -0.3 is 9.64 Å². The second-order valence-corrected chi connectivity index (χ2v) is 9.10. The van der Waals surface area contributed by atoms with E-state index < -0.39 is 6.04 Å². The van der Waals surface area contributed by atoms with E-state index in [2.05, 4.69) is 10.9 Å². The average Bonchev–Trinajstić information content (AvgIpc) is 3.14. The zero-order valence-electron chi connectivity index (χ0n) is 15.9. The van der Waals surface area contributed by atoms with Crippen LogP contribution in [0.2, 0.25) is 5.02 Å². The fourth-order valence-corrected chi connectivity index (χ4v) is 5.14. The molecule has 0 saturated carbocycles. The maximum absolute atomic E-state index is 12.4. The molecule has 3 rings (SSSR count). The molecule has 2 atom stereocenters. The second-order valence-electron chi connectivity index (χ2n) is 7.16. The summed E-state index contributed by atoms with van der Waals surface area (Å²) in [7, 11) is 0. The fourth-order valence-electron chi connectivity index (χ4n) is 3.48. The van der Waals surface area contributed by atoms with E-state index >= 15 is 0 Å². The second kappa shape index (κ2) is 8.61. The van der Waals surface area contributed by atoms with Crippen LogP contribution in [0.3, 0.4) is 0 Å². The number of carbonyl (C=O) groups is 3. The number of rotatable bonds is 6. The van der Waals surface area contributed by atoms with E-state index in [0.29, 0.717) is 30.2 Å². The summed E-state index contributed by atoms with van der Waals surface area (Å²) < 4.78 is 5.65. The first-order valence-corrected chi connectivity index (χ1v) is 10.6. The molecule has 3 amide bonds. The average molecular weight is 426 g/mol. The molecular formula is C19H24ClN3O4S. The highest BCUT2D eigenvalue weighted by Gasteiger charge is 2.52. The molecule has 2 N–H and O–H groups in total. The molecule has 1 aromatic rings. The topological polar surface area (TPSA) is 87.7 Å². The number of hydrogen-bond donors (Lipinski definition) is 2. The summed E-state index contributed by atoms with van der Waals surface area (Å²) >= 11 is 7.52. The van der Waals surface area contributed by atoms with Gasteiger partial charge in [0.05, 0.1) is 11.5 Å². The van der Waals surface area contributed by atoms with Gasteiger partial charge in [0.2, 0.25) is 11.8 Å². The van der Waals surface area contributed by atoms with Crippen molar-refractivity contribution < 1.29 is 19.1 Å². The number of thioether (sulfide) groups is 1. The number of hydrogen-bond acceptors (Lipinski definition) is 5. The standard InChI is InChI=1S/C19H24ClN3O4S/c1-12-10-13(20)5-6-15(12)27-9-3-4-16(24)21-22-18(26)14-11-28-19(2)8-7-17(25)23(14)19/h5-6,10,14H,3-4,7-9,11H2,1-2H3,(H,21,24)(H,22,26)/t14-,19+/m1/s1. The van der Waals surface area contributed by atoms with Gasteiger partial charge in [-0.25, -0.2) is 0 Å². The van der Waals surface area contributed by atoms with Gasteiger partial charge in [0.1, 0.15) is 11.8 Å². The van der Waals surface area contributed by atoms with Crippen molar-refractivity contribution in [1.29, 1.82) is 0 Å². The molecule has 1 aromatic carbocycles. The van der Waals surface area contributed by atoms with Gasteiger partial charge in [0.25, 0.3) is 5.91 Å². The Kier molecular flexibility index (Phi) is 6.40. The first-order valence-electron chi connectivity index (χ1n) is 9.24. The Balaban J connectivity index is 1.37. The van der Waals surface area contributed by atoms with E-state index in [4.69, 9.17) is 16.3 Å².